The quantitative estimate of drug-likeness (QED) is 0.812. The van der Waals surface area contributed by atoms with Crippen LogP contribution in [-0.4, -0.2) is 43.5 Å². The maximum Gasteiger partial charge on any atom is 0.261 e. The van der Waals surface area contributed by atoms with Crippen LogP contribution in [0.3, 0.4) is 0 Å². The van der Waals surface area contributed by atoms with E-state index in [0.29, 0.717) is 25.2 Å². The van der Waals surface area contributed by atoms with E-state index in [0.717, 1.165) is 17.5 Å². The molecule has 0 bridgehead atoms. The Morgan fingerprint density at radius 2 is 2.11 bits per heavy atom. The van der Waals surface area contributed by atoms with Crippen molar-refractivity contribution in [3.8, 4) is 0 Å². The maximum absolute atomic E-state index is 13.0. The van der Waals surface area contributed by atoms with Gasteiger partial charge >= 0.3 is 0 Å². The number of aryl methyl sites for hydroxylation is 1. The molecule has 1 saturated heterocycles. The summed E-state index contributed by atoms with van der Waals surface area (Å²) in [4.78, 5) is 18.7. The summed E-state index contributed by atoms with van der Waals surface area (Å²) in [6, 6.07) is 7.91. The van der Waals surface area contributed by atoms with Crippen LogP contribution < -0.4 is 10.0 Å². The predicted molar refractivity (Wildman–Crippen MR) is 97.0 cm³/mol. The molecule has 2 atom stereocenters. The van der Waals surface area contributed by atoms with Gasteiger partial charge in [-0.2, -0.15) is 4.72 Å². The van der Waals surface area contributed by atoms with Crippen molar-refractivity contribution in [1.82, 2.24) is 14.6 Å². The monoisotopic (exact) mass is 390 g/mol. The van der Waals surface area contributed by atoms with Gasteiger partial charge in [-0.1, -0.05) is 6.07 Å². The summed E-state index contributed by atoms with van der Waals surface area (Å²) < 4.78 is 40.4. The second-order valence-electron chi connectivity index (χ2n) is 6.87. The Balaban J connectivity index is 1.51. The number of fused-ring (bicyclic) bond motifs is 1. The first-order chi connectivity index (χ1) is 12.8. The van der Waals surface area contributed by atoms with Crippen molar-refractivity contribution in [2.24, 2.45) is 0 Å². The summed E-state index contributed by atoms with van der Waals surface area (Å²) >= 11 is 0. The van der Waals surface area contributed by atoms with E-state index < -0.39 is 22.0 Å². The van der Waals surface area contributed by atoms with E-state index >= 15 is 0 Å². The molecule has 3 heterocycles. The van der Waals surface area contributed by atoms with Crippen LogP contribution in [0.15, 0.2) is 41.4 Å². The zero-order chi connectivity index (χ0) is 19.2. The summed E-state index contributed by atoms with van der Waals surface area (Å²) in [5.74, 6) is -0.737. The van der Waals surface area contributed by atoms with Gasteiger partial charge in [-0.3, -0.25) is 9.78 Å². The molecule has 2 aromatic rings. The van der Waals surface area contributed by atoms with Crippen LogP contribution in [-0.2, 0) is 14.8 Å². The minimum Gasteiger partial charge on any atom is -0.360 e. The van der Waals surface area contributed by atoms with Crippen molar-refractivity contribution in [1.29, 1.82) is 0 Å². The molecule has 27 heavy (non-hydrogen) atoms. The molecule has 7 nitrogen and oxygen atoms in total. The molecule has 1 amide bonds. The highest BCUT2D eigenvalue weighted by atomic mass is 32.2. The number of carbonyl (C=O) groups excluding carboxylic acids is 1. The first-order valence-electron chi connectivity index (χ1n) is 8.63. The third kappa shape index (κ3) is 3.40. The number of hydrogen-bond donors (Lipinski definition) is 2. The maximum atomic E-state index is 13.0. The zero-order valence-corrected chi connectivity index (χ0v) is 15.5. The fourth-order valence-electron chi connectivity index (χ4n) is 3.52. The molecule has 0 aliphatic carbocycles. The summed E-state index contributed by atoms with van der Waals surface area (Å²) in [6.07, 6.45) is 0.805. The lowest BCUT2D eigenvalue weighted by molar-refractivity contribution is -0.131. The van der Waals surface area contributed by atoms with Gasteiger partial charge in [0.05, 0.1) is 11.9 Å². The lowest BCUT2D eigenvalue weighted by atomic mass is 10.0. The number of rotatable bonds is 2. The molecule has 2 aliphatic heterocycles. The molecule has 142 valence electrons. The van der Waals surface area contributed by atoms with E-state index in [2.05, 4.69) is 15.0 Å². The second kappa shape index (κ2) is 6.58. The number of amides is 1. The number of aromatic nitrogens is 1. The number of sulfonamides is 1. The standard InChI is InChI=1S/C18H19FN4O3S/c1-11-2-5-16-15(8-11)21-17(22-27(16,25)26)18(24)23-7-6-12(10-23)14-4-3-13(19)9-20-14/h2-5,8-9,12,17,21-22H,6-7,10H2,1H3. The van der Waals surface area contributed by atoms with Gasteiger partial charge in [0.1, 0.15) is 10.7 Å². The number of nitrogens with one attached hydrogen (secondary N) is 2. The molecule has 0 saturated carbocycles. The van der Waals surface area contributed by atoms with Crippen molar-refractivity contribution in [2.45, 2.75) is 30.3 Å². The summed E-state index contributed by atoms with van der Waals surface area (Å²) in [7, 11) is -3.77. The fraction of sp³-hybridized carbons (Fsp3) is 0.333. The molecule has 1 aromatic heterocycles. The third-order valence-electron chi connectivity index (χ3n) is 4.91. The van der Waals surface area contributed by atoms with Gasteiger partial charge in [0.15, 0.2) is 6.17 Å². The molecule has 4 rings (SSSR count). The number of hydrogen-bond acceptors (Lipinski definition) is 5. The van der Waals surface area contributed by atoms with Crippen LogP contribution in [0.1, 0.15) is 23.6 Å². The average molecular weight is 390 g/mol. The van der Waals surface area contributed by atoms with E-state index in [1.165, 1.54) is 12.1 Å². The van der Waals surface area contributed by atoms with Gasteiger partial charge in [0, 0.05) is 24.7 Å². The smallest absolute Gasteiger partial charge is 0.261 e. The molecule has 9 heteroatoms. The van der Waals surface area contributed by atoms with Crippen molar-refractivity contribution >= 4 is 21.6 Å². The number of pyridine rings is 1. The van der Waals surface area contributed by atoms with E-state index in [4.69, 9.17) is 0 Å². The Labute approximate surface area is 156 Å². The zero-order valence-electron chi connectivity index (χ0n) is 14.6. The molecular formula is C18H19FN4O3S. The molecule has 2 N–H and O–H groups in total. The highest BCUT2D eigenvalue weighted by Gasteiger charge is 2.38. The molecule has 1 fully saturated rings. The van der Waals surface area contributed by atoms with Crippen LogP contribution in [0.25, 0.3) is 0 Å². The second-order valence-corrected chi connectivity index (χ2v) is 8.55. The summed E-state index contributed by atoms with van der Waals surface area (Å²) in [6.45, 7) is 2.76. The normalized spacial score (nSPS) is 23.6. The van der Waals surface area contributed by atoms with Gasteiger partial charge in [0.2, 0.25) is 10.0 Å². The molecular weight excluding hydrogens is 371 g/mol. The van der Waals surface area contributed by atoms with E-state index in [9.17, 15) is 17.6 Å². The molecule has 0 radical (unpaired) electrons. The van der Waals surface area contributed by atoms with Crippen molar-refractivity contribution in [2.75, 3.05) is 18.4 Å². The van der Waals surface area contributed by atoms with Gasteiger partial charge in [-0.05, 0) is 43.2 Å². The Kier molecular flexibility index (Phi) is 4.35. The van der Waals surface area contributed by atoms with E-state index in [-0.39, 0.29) is 16.7 Å². The largest absolute Gasteiger partial charge is 0.360 e. The Morgan fingerprint density at radius 3 is 2.85 bits per heavy atom. The molecule has 2 unspecified atom stereocenters. The number of nitrogens with zero attached hydrogens (tertiary/aromatic N) is 2. The van der Waals surface area contributed by atoms with Crippen LogP contribution in [0, 0.1) is 12.7 Å². The van der Waals surface area contributed by atoms with Crippen LogP contribution in [0.2, 0.25) is 0 Å². The lowest BCUT2D eigenvalue weighted by Gasteiger charge is -2.30. The SMILES string of the molecule is Cc1ccc2c(c1)NC(C(=O)N1CCC(c3ccc(F)cn3)C1)NS2(=O)=O. The number of benzene rings is 1. The average Bonchev–Trinajstić information content (AvgIpc) is 3.10. The molecule has 0 spiro atoms. The number of anilines is 1. The van der Waals surface area contributed by atoms with E-state index in [1.807, 2.05) is 6.92 Å². The number of carbonyl (C=O) groups is 1. The van der Waals surface area contributed by atoms with Gasteiger partial charge < -0.3 is 10.2 Å². The Bertz CT molecular complexity index is 994. The number of likely N-dealkylation sites (tertiary alicyclic amines) is 1. The van der Waals surface area contributed by atoms with Gasteiger partial charge in [0.25, 0.3) is 5.91 Å². The van der Waals surface area contributed by atoms with E-state index in [1.54, 1.807) is 23.1 Å². The van der Waals surface area contributed by atoms with Crippen LogP contribution >= 0.6 is 0 Å². The van der Waals surface area contributed by atoms with Crippen LogP contribution in [0.4, 0.5) is 10.1 Å². The molecule has 2 aliphatic rings. The minimum absolute atomic E-state index is 0.00396. The van der Waals surface area contributed by atoms with Crippen molar-refractivity contribution in [3.63, 3.8) is 0 Å². The summed E-state index contributed by atoms with van der Waals surface area (Å²) in [5.41, 5.74) is 2.04. The Morgan fingerprint density at radius 1 is 1.30 bits per heavy atom. The topological polar surface area (TPSA) is 91.4 Å². The lowest BCUT2D eigenvalue weighted by Crippen LogP contribution is -2.54. The first-order valence-corrected chi connectivity index (χ1v) is 10.1. The van der Waals surface area contributed by atoms with Crippen molar-refractivity contribution < 1.29 is 17.6 Å². The summed E-state index contributed by atoms with van der Waals surface area (Å²) in [5, 5.41) is 2.99. The Hall–Kier alpha value is -2.52. The van der Waals surface area contributed by atoms with Gasteiger partial charge in [-0.15, -0.1) is 0 Å². The van der Waals surface area contributed by atoms with Crippen LogP contribution in [0.5, 0.6) is 0 Å². The minimum atomic E-state index is -3.77. The number of halogens is 1. The van der Waals surface area contributed by atoms with Gasteiger partial charge in [-0.25, -0.2) is 12.8 Å². The highest BCUT2D eigenvalue weighted by molar-refractivity contribution is 7.89. The third-order valence-corrected chi connectivity index (χ3v) is 6.39. The van der Waals surface area contributed by atoms with Crippen molar-refractivity contribution in [3.05, 3.63) is 53.6 Å². The fourth-order valence-corrected chi connectivity index (χ4v) is 4.77. The highest BCUT2D eigenvalue weighted by Crippen LogP contribution is 2.30. The predicted octanol–water partition coefficient (Wildman–Crippen LogP) is 1.58. The first kappa shape index (κ1) is 17.9. The molecule has 1 aromatic carbocycles.